The molecule has 0 spiro atoms. The summed E-state index contributed by atoms with van der Waals surface area (Å²) in [4.78, 5) is 4.41. The molecule has 0 aliphatic heterocycles. The van der Waals surface area contributed by atoms with Crippen LogP contribution in [0.2, 0.25) is 0 Å². The van der Waals surface area contributed by atoms with E-state index < -0.39 is 0 Å². The van der Waals surface area contributed by atoms with Crippen LogP contribution in [0.3, 0.4) is 0 Å². The molecule has 0 saturated heterocycles. The van der Waals surface area contributed by atoms with Gasteiger partial charge in [-0.3, -0.25) is 4.99 Å². The van der Waals surface area contributed by atoms with Crippen molar-refractivity contribution in [3.05, 3.63) is 0 Å². The highest BCUT2D eigenvalue weighted by molar-refractivity contribution is 5.85. The number of methoxy groups -OCH3 is 1. The molecule has 1 rings (SSSR count). The second kappa shape index (κ2) is 3.66. The maximum Gasteiger partial charge on any atom is 0.124 e. The van der Waals surface area contributed by atoms with Crippen molar-refractivity contribution in [2.45, 2.75) is 45.3 Å². The standard InChI is InChI=1S/C10H20N2O/c1-10(2,3)12-9(11)8(13-4)7-5-6-7/h7-8H,5-6H2,1-4H3,(H2,11,12). The molecule has 13 heavy (non-hydrogen) atoms. The molecule has 0 aromatic rings. The SMILES string of the molecule is COC(C(N)=NC(C)(C)C)C1CC1. The van der Waals surface area contributed by atoms with Gasteiger partial charge in [-0.25, -0.2) is 0 Å². The van der Waals surface area contributed by atoms with Gasteiger partial charge in [0.25, 0.3) is 0 Å². The number of hydrogen-bond acceptors (Lipinski definition) is 2. The lowest BCUT2D eigenvalue weighted by atomic mass is 10.1. The Labute approximate surface area is 80.4 Å². The van der Waals surface area contributed by atoms with E-state index in [1.807, 2.05) is 20.8 Å². The molecule has 0 bridgehead atoms. The number of nitrogens with zero attached hydrogens (tertiary/aromatic N) is 1. The zero-order valence-electron chi connectivity index (χ0n) is 9.00. The highest BCUT2D eigenvalue weighted by atomic mass is 16.5. The molecule has 1 aliphatic rings. The van der Waals surface area contributed by atoms with E-state index in [1.54, 1.807) is 7.11 Å². The van der Waals surface area contributed by atoms with E-state index in [-0.39, 0.29) is 11.6 Å². The van der Waals surface area contributed by atoms with Gasteiger partial charge in [0.05, 0.1) is 5.54 Å². The molecular weight excluding hydrogens is 164 g/mol. The quantitative estimate of drug-likeness (QED) is 0.534. The second-order valence-electron chi connectivity index (χ2n) is 4.70. The molecule has 1 saturated carbocycles. The number of nitrogens with two attached hydrogens (primary N) is 1. The highest BCUT2D eigenvalue weighted by Crippen LogP contribution is 2.34. The number of amidine groups is 1. The summed E-state index contributed by atoms with van der Waals surface area (Å²) in [6.07, 6.45) is 2.48. The van der Waals surface area contributed by atoms with E-state index in [0.29, 0.717) is 11.8 Å². The van der Waals surface area contributed by atoms with Gasteiger partial charge >= 0.3 is 0 Å². The van der Waals surface area contributed by atoms with E-state index in [1.165, 1.54) is 12.8 Å². The molecule has 1 fully saturated rings. The van der Waals surface area contributed by atoms with E-state index in [4.69, 9.17) is 10.5 Å². The zero-order valence-corrected chi connectivity index (χ0v) is 9.00. The molecule has 3 heteroatoms. The summed E-state index contributed by atoms with van der Waals surface area (Å²) in [6, 6.07) is 0. The van der Waals surface area contributed by atoms with Gasteiger partial charge in [0.2, 0.25) is 0 Å². The molecule has 3 nitrogen and oxygen atoms in total. The first-order valence-electron chi connectivity index (χ1n) is 4.82. The van der Waals surface area contributed by atoms with E-state index >= 15 is 0 Å². The number of hydrogen-bond donors (Lipinski definition) is 1. The van der Waals surface area contributed by atoms with E-state index in [0.717, 1.165) is 0 Å². The zero-order chi connectivity index (χ0) is 10.1. The Morgan fingerprint density at radius 1 is 1.46 bits per heavy atom. The minimum absolute atomic E-state index is 0.0409. The van der Waals surface area contributed by atoms with Gasteiger partial charge in [0.1, 0.15) is 11.9 Å². The molecule has 0 aromatic heterocycles. The second-order valence-corrected chi connectivity index (χ2v) is 4.70. The topological polar surface area (TPSA) is 47.6 Å². The van der Waals surface area contributed by atoms with Crippen molar-refractivity contribution in [3.63, 3.8) is 0 Å². The summed E-state index contributed by atoms with van der Waals surface area (Å²) in [5.41, 5.74) is 5.78. The molecule has 1 aliphatic carbocycles. The van der Waals surface area contributed by atoms with Crippen molar-refractivity contribution in [2.75, 3.05) is 7.11 Å². The summed E-state index contributed by atoms with van der Waals surface area (Å²) >= 11 is 0. The van der Waals surface area contributed by atoms with Crippen molar-refractivity contribution in [1.29, 1.82) is 0 Å². The Balaban J connectivity index is 2.62. The van der Waals surface area contributed by atoms with Gasteiger partial charge in [0.15, 0.2) is 0 Å². The Kier molecular flexibility index (Phi) is 2.96. The summed E-state index contributed by atoms with van der Waals surface area (Å²) in [6.45, 7) is 6.12. The van der Waals surface area contributed by atoms with Crippen LogP contribution in [0.1, 0.15) is 33.6 Å². The molecule has 0 amide bonds. The minimum atomic E-state index is -0.101. The molecule has 76 valence electrons. The largest absolute Gasteiger partial charge is 0.385 e. The fourth-order valence-electron chi connectivity index (χ4n) is 1.40. The maximum atomic E-state index is 5.88. The third-order valence-electron chi connectivity index (χ3n) is 2.06. The van der Waals surface area contributed by atoms with Crippen molar-refractivity contribution in [2.24, 2.45) is 16.6 Å². The number of ether oxygens (including phenoxy) is 1. The van der Waals surface area contributed by atoms with Crippen molar-refractivity contribution in [3.8, 4) is 0 Å². The van der Waals surface area contributed by atoms with Crippen molar-refractivity contribution < 1.29 is 4.74 Å². The predicted molar refractivity (Wildman–Crippen MR) is 54.9 cm³/mol. The van der Waals surface area contributed by atoms with Gasteiger partial charge in [-0.2, -0.15) is 0 Å². The third kappa shape index (κ3) is 3.35. The lowest BCUT2D eigenvalue weighted by molar-refractivity contribution is 0.136. The summed E-state index contributed by atoms with van der Waals surface area (Å²) < 4.78 is 5.33. The molecule has 2 N–H and O–H groups in total. The number of aliphatic imine (C=N–C) groups is 1. The third-order valence-corrected chi connectivity index (χ3v) is 2.06. The Bertz CT molecular complexity index is 201. The Morgan fingerprint density at radius 2 is 2.00 bits per heavy atom. The molecule has 0 heterocycles. The maximum absolute atomic E-state index is 5.88. The summed E-state index contributed by atoms with van der Waals surface area (Å²) in [5.74, 6) is 1.26. The highest BCUT2D eigenvalue weighted by Gasteiger charge is 2.34. The van der Waals surface area contributed by atoms with Crippen LogP contribution in [0.4, 0.5) is 0 Å². The van der Waals surface area contributed by atoms with Crippen LogP contribution in [0.15, 0.2) is 4.99 Å². The first kappa shape index (κ1) is 10.5. The van der Waals surface area contributed by atoms with Crippen LogP contribution in [0, 0.1) is 5.92 Å². The van der Waals surface area contributed by atoms with Crippen LogP contribution < -0.4 is 5.73 Å². The van der Waals surface area contributed by atoms with Gasteiger partial charge in [-0.15, -0.1) is 0 Å². The van der Waals surface area contributed by atoms with E-state index in [9.17, 15) is 0 Å². The van der Waals surface area contributed by atoms with Gasteiger partial charge in [-0.05, 0) is 39.5 Å². The van der Waals surface area contributed by atoms with Crippen molar-refractivity contribution >= 4 is 5.84 Å². The lowest BCUT2D eigenvalue weighted by Crippen LogP contribution is -2.35. The average molecular weight is 184 g/mol. The predicted octanol–water partition coefficient (Wildman–Crippen LogP) is 1.57. The monoisotopic (exact) mass is 184 g/mol. The minimum Gasteiger partial charge on any atom is -0.385 e. The fraction of sp³-hybridized carbons (Fsp3) is 0.900. The molecule has 0 radical (unpaired) electrons. The van der Waals surface area contributed by atoms with Crippen LogP contribution in [-0.2, 0) is 4.74 Å². The first-order valence-corrected chi connectivity index (χ1v) is 4.82. The fourth-order valence-corrected chi connectivity index (χ4v) is 1.40. The van der Waals surface area contributed by atoms with E-state index in [2.05, 4.69) is 4.99 Å². The van der Waals surface area contributed by atoms with Crippen molar-refractivity contribution in [1.82, 2.24) is 0 Å². The van der Waals surface area contributed by atoms with Crippen LogP contribution >= 0.6 is 0 Å². The normalized spacial score (nSPS) is 21.7. The molecular formula is C10H20N2O. The smallest absolute Gasteiger partial charge is 0.124 e. The van der Waals surface area contributed by atoms with Crippen LogP contribution in [0.5, 0.6) is 0 Å². The summed E-state index contributed by atoms with van der Waals surface area (Å²) in [5, 5.41) is 0. The Hall–Kier alpha value is -0.570. The molecule has 1 atom stereocenters. The van der Waals surface area contributed by atoms with Gasteiger partial charge in [0, 0.05) is 7.11 Å². The first-order chi connectivity index (χ1) is 5.94. The molecule has 1 unspecified atom stereocenters. The van der Waals surface area contributed by atoms with Crippen LogP contribution in [-0.4, -0.2) is 24.6 Å². The lowest BCUT2D eigenvalue weighted by Gasteiger charge is -2.19. The summed E-state index contributed by atoms with van der Waals surface area (Å²) in [7, 11) is 1.70. The molecule has 0 aromatic carbocycles. The van der Waals surface area contributed by atoms with Gasteiger partial charge in [-0.1, -0.05) is 0 Å². The Morgan fingerprint density at radius 3 is 2.31 bits per heavy atom. The average Bonchev–Trinajstić information content (AvgIpc) is 2.68. The van der Waals surface area contributed by atoms with Gasteiger partial charge < -0.3 is 10.5 Å². The number of rotatable bonds is 3. The van der Waals surface area contributed by atoms with Crippen LogP contribution in [0.25, 0.3) is 0 Å².